The average molecular weight is 394 g/mol. The highest BCUT2D eigenvalue weighted by Gasteiger charge is 2.58. The van der Waals surface area contributed by atoms with Gasteiger partial charge in [0.15, 0.2) is 11.2 Å². The third-order valence-electron chi connectivity index (χ3n) is 6.00. The summed E-state index contributed by atoms with van der Waals surface area (Å²) in [5.74, 6) is -4.82. The molecule has 0 radical (unpaired) electrons. The molecule has 0 amide bonds. The molecule has 4 rings (SSSR count). The van der Waals surface area contributed by atoms with Crippen LogP contribution in [0.5, 0.6) is 0 Å². The summed E-state index contributed by atoms with van der Waals surface area (Å²) in [6.45, 7) is 0.721. The highest BCUT2D eigenvalue weighted by molar-refractivity contribution is 5.59. The molecule has 1 aliphatic heterocycles. The van der Waals surface area contributed by atoms with Crippen LogP contribution in [0.25, 0.3) is 0 Å². The van der Waals surface area contributed by atoms with Gasteiger partial charge in [0, 0.05) is 30.2 Å². The molecule has 0 unspecified atom stereocenters. The molecule has 1 aromatic carbocycles. The Balaban J connectivity index is 2.03. The molecule has 1 spiro atoms. The Kier molecular flexibility index (Phi) is 4.39. The Morgan fingerprint density at radius 3 is 2.24 bits per heavy atom. The lowest BCUT2D eigenvalue weighted by Crippen LogP contribution is -2.47. The Morgan fingerprint density at radius 1 is 1.07 bits per heavy atom. The zero-order chi connectivity index (χ0) is 20.8. The molecule has 1 heterocycles. The number of benzene rings is 1. The van der Waals surface area contributed by atoms with E-state index in [1.54, 1.807) is 6.08 Å². The third-order valence-corrected chi connectivity index (χ3v) is 6.00. The monoisotopic (exact) mass is 394 g/mol. The first-order valence-electron chi connectivity index (χ1n) is 9.08. The van der Waals surface area contributed by atoms with E-state index in [1.807, 2.05) is 18.2 Å². The van der Waals surface area contributed by atoms with Gasteiger partial charge in [0.1, 0.15) is 17.7 Å². The molecule has 6 nitrogen and oxygen atoms in total. The molecule has 0 aromatic heterocycles. The van der Waals surface area contributed by atoms with Crippen LogP contribution in [-0.4, -0.2) is 19.0 Å². The van der Waals surface area contributed by atoms with Crippen LogP contribution in [0.3, 0.4) is 0 Å². The number of fused-ring (bicyclic) bond motifs is 1. The first-order chi connectivity index (χ1) is 13.9. The van der Waals surface area contributed by atoms with Crippen molar-refractivity contribution in [3.8, 4) is 18.2 Å². The van der Waals surface area contributed by atoms with Crippen LogP contribution in [0.4, 0.5) is 8.78 Å². The number of nitriles is 3. The van der Waals surface area contributed by atoms with Gasteiger partial charge in [-0.05, 0) is 17.7 Å². The molecular weight excluding hydrogens is 378 g/mol. The van der Waals surface area contributed by atoms with Crippen molar-refractivity contribution in [3.05, 3.63) is 58.3 Å². The fourth-order valence-electron chi connectivity index (χ4n) is 4.72. The molecule has 2 atom stereocenters. The SMILES string of the molecule is N#CC1=C(N)C(C#N)(C#N)[C@@H](c2c(F)cccc2F)[C@@H]2CC3(CC=C12)OCCO3. The van der Waals surface area contributed by atoms with Crippen molar-refractivity contribution in [1.82, 2.24) is 0 Å². The minimum atomic E-state index is -2.12. The second kappa shape index (κ2) is 6.67. The van der Waals surface area contributed by atoms with Crippen molar-refractivity contribution in [2.75, 3.05) is 13.2 Å². The highest BCUT2D eigenvalue weighted by Crippen LogP contribution is 2.58. The lowest BCUT2D eigenvalue weighted by Gasteiger charge is -2.46. The van der Waals surface area contributed by atoms with Gasteiger partial charge in [-0.1, -0.05) is 12.1 Å². The van der Waals surface area contributed by atoms with Crippen molar-refractivity contribution >= 4 is 0 Å². The van der Waals surface area contributed by atoms with Crippen LogP contribution in [0.1, 0.15) is 24.3 Å². The lowest BCUT2D eigenvalue weighted by atomic mass is 9.56. The summed E-state index contributed by atoms with van der Waals surface area (Å²) >= 11 is 0. The summed E-state index contributed by atoms with van der Waals surface area (Å²) in [5, 5.41) is 29.6. The number of allylic oxidation sites excluding steroid dienone is 3. The van der Waals surface area contributed by atoms with Gasteiger partial charge in [0.05, 0.1) is 36.6 Å². The summed E-state index contributed by atoms with van der Waals surface area (Å²) in [7, 11) is 0. The van der Waals surface area contributed by atoms with Crippen LogP contribution in [0.15, 0.2) is 41.1 Å². The van der Waals surface area contributed by atoms with E-state index in [1.165, 1.54) is 6.07 Å². The molecule has 2 aliphatic carbocycles. The van der Waals surface area contributed by atoms with Crippen molar-refractivity contribution in [1.29, 1.82) is 15.8 Å². The molecule has 1 saturated heterocycles. The fraction of sp³-hybridized carbons (Fsp3) is 0.381. The van der Waals surface area contributed by atoms with Crippen LogP contribution in [0.2, 0.25) is 0 Å². The standard InChI is InChI=1S/C21H16F2N4O2/c22-15-2-1-3-16(23)17(15)18-13-8-21(28-6-7-29-21)5-4-12(13)14(9-24)19(27)20(18,10-25)11-26/h1-4,13,18H,5-8,27H2/t13-,18-/m1/s1. The second-order valence-electron chi connectivity index (χ2n) is 7.33. The maximum atomic E-state index is 14.8. The number of hydrogen-bond acceptors (Lipinski definition) is 6. The van der Waals surface area contributed by atoms with E-state index in [4.69, 9.17) is 15.2 Å². The molecule has 0 bridgehead atoms. The second-order valence-corrected chi connectivity index (χ2v) is 7.33. The van der Waals surface area contributed by atoms with E-state index in [2.05, 4.69) is 0 Å². The smallest absolute Gasteiger partial charge is 0.191 e. The van der Waals surface area contributed by atoms with Gasteiger partial charge in [-0.15, -0.1) is 0 Å². The van der Waals surface area contributed by atoms with Gasteiger partial charge in [-0.2, -0.15) is 15.8 Å². The number of rotatable bonds is 1. The summed E-state index contributed by atoms with van der Waals surface area (Å²) < 4.78 is 41.2. The topological polar surface area (TPSA) is 116 Å². The predicted octanol–water partition coefficient (Wildman–Crippen LogP) is 2.91. The summed E-state index contributed by atoms with van der Waals surface area (Å²) in [6, 6.07) is 9.04. The zero-order valence-corrected chi connectivity index (χ0v) is 15.3. The Hall–Kier alpha value is -3.25. The molecule has 29 heavy (non-hydrogen) atoms. The van der Waals surface area contributed by atoms with E-state index in [-0.39, 0.29) is 17.7 Å². The number of nitrogens with two attached hydrogens (primary N) is 1. The van der Waals surface area contributed by atoms with Crippen LogP contribution >= 0.6 is 0 Å². The molecule has 8 heteroatoms. The molecule has 0 saturated carbocycles. The van der Waals surface area contributed by atoms with Gasteiger partial charge in [0.2, 0.25) is 0 Å². The molecule has 1 aromatic rings. The van der Waals surface area contributed by atoms with Gasteiger partial charge >= 0.3 is 0 Å². The Labute approximate surface area is 166 Å². The van der Waals surface area contributed by atoms with E-state index in [0.29, 0.717) is 25.2 Å². The largest absolute Gasteiger partial charge is 0.399 e. The number of nitrogens with zero attached hydrogens (tertiary/aromatic N) is 3. The van der Waals surface area contributed by atoms with Crippen molar-refractivity contribution in [2.24, 2.45) is 17.1 Å². The predicted molar refractivity (Wildman–Crippen MR) is 95.0 cm³/mol. The first-order valence-corrected chi connectivity index (χ1v) is 9.08. The maximum Gasteiger partial charge on any atom is 0.191 e. The summed E-state index contributed by atoms with van der Waals surface area (Å²) in [5.41, 5.74) is 3.79. The fourth-order valence-corrected chi connectivity index (χ4v) is 4.72. The molecular formula is C21H16F2N4O2. The van der Waals surface area contributed by atoms with Gasteiger partial charge in [-0.25, -0.2) is 8.78 Å². The summed E-state index contributed by atoms with van der Waals surface area (Å²) in [6.07, 6.45) is 2.17. The van der Waals surface area contributed by atoms with Crippen molar-refractivity contribution in [3.63, 3.8) is 0 Å². The normalized spacial score (nSPS) is 26.8. The number of halogens is 2. The summed E-state index contributed by atoms with van der Waals surface area (Å²) in [4.78, 5) is 0. The molecule has 146 valence electrons. The Morgan fingerprint density at radius 2 is 1.69 bits per heavy atom. The molecule has 3 aliphatic rings. The first kappa shape index (κ1) is 19.1. The van der Waals surface area contributed by atoms with Gasteiger partial charge < -0.3 is 15.2 Å². The molecule has 2 N–H and O–H groups in total. The van der Waals surface area contributed by atoms with Gasteiger partial charge in [0.25, 0.3) is 0 Å². The number of ether oxygens (including phenoxy) is 2. The number of hydrogen-bond donors (Lipinski definition) is 1. The van der Waals surface area contributed by atoms with Crippen LogP contribution in [-0.2, 0) is 9.47 Å². The van der Waals surface area contributed by atoms with Crippen LogP contribution in [0, 0.1) is 57.0 Å². The Bertz CT molecular complexity index is 1030. The van der Waals surface area contributed by atoms with Crippen molar-refractivity contribution < 1.29 is 18.3 Å². The van der Waals surface area contributed by atoms with Crippen LogP contribution < -0.4 is 5.73 Å². The average Bonchev–Trinajstić information content (AvgIpc) is 3.16. The van der Waals surface area contributed by atoms with E-state index >= 15 is 0 Å². The maximum absolute atomic E-state index is 14.8. The third kappa shape index (κ3) is 2.56. The lowest BCUT2D eigenvalue weighted by molar-refractivity contribution is -0.171. The van der Waals surface area contributed by atoms with Crippen molar-refractivity contribution in [2.45, 2.75) is 24.5 Å². The molecule has 1 fully saturated rings. The minimum Gasteiger partial charge on any atom is -0.399 e. The quantitative estimate of drug-likeness (QED) is 0.783. The van der Waals surface area contributed by atoms with Gasteiger partial charge in [-0.3, -0.25) is 0 Å². The van der Waals surface area contributed by atoms with E-state index in [0.717, 1.165) is 12.1 Å². The highest BCUT2D eigenvalue weighted by atomic mass is 19.1. The minimum absolute atomic E-state index is 0.000977. The zero-order valence-electron chi connectivity index (χ0n) is 15.3. The van der Waals surface area contributed by atoms with E-state index < -0.39 is 40.2 Å². The van der Waals surface area contributed by atoms with E-state index in [9.17, 15) is 24.6 Å².